The molecule has 1 aromatic heterocycles. The van der Waals surface area contributed by atoms with Gasteiger partial charge in [0, 0.05) is 37.4 Å². The number of amides is 2. The molecule has 0 atom stereocenters. The Bertz CT molecular complexity index is 2110. The lowest BCUT2D eigenvalue weighted by Crippen LogP contribution is -2.46. The van der Waals surface area contributed by atoms with Gasteiger partial charge < -0.3 is 14.7 Å². The lowest BCUT2D eigenvalue weighted by Gasteiger charge is -2.30. The molecule has 320 valence electrons. The molecule has 0 spiro atoms. The van der Waals surface area contributed by atoms with Crippen molar-refractivity contribution in [3.8, 4) is 0 Å². The first-order valence-electron chi connectivity index (χ1n) is 21.7. The maximum absolute atomic E-state index is 14.7. The van der Waals surface area contributed by atoms with Crippen molar-refractivity contribution < 1.29 is 22.6 Å². The molecule has 0 saturated carbocycles. The van der Waals surface area contributed by atoms with Gasteiger partial charge in [0.1, 0.15) is 40.9 Å². The van der Waals surface area contributed by atoms with Gasteiger partial charge in [-0.15, -0.1) is 0 Å². The number of rotatable bonds is 22. The summed E-state index contributed by atoms with van der Waals surface area (Å²) in [6.45, 7) is 13.7. The third-order valence-electron chi connectivity index (χ3n) is 10.7. The van der Waals surface area contributed by atoms with Gasteiger partial charge in [0.2, 0.25) is 21.7 Å². The fraction of sp³-hybridized carbons (Fsp3) is 0.447. The molecular weight excluding hydrogens is 773 g/mol. The van der Waals surface area contributed by atoms with E-state index in [1.54, 1.807) is 29.2 Å². The Hall–Kier alpha value is -5.43. The first-order chi connectivity index (χ1) is 29.1. The number of nitrogens with zero attached hydrogens (tertiary/aromatic N) is 8. The number of carbonyl (C=O) groups excluding carboxylic acids is 2. The predicted molar refractivity (Wildman–Crippen MR) is 240 cm³/mol. The maximum Gasteiger partial charge on any atom is 0.422 e. The molecule has 0 unspecified atom stereocenters. The molecule has 0 saturated heterocycles. The van der Waals surface area contributed by atoms with Crippen molar-refractivity contribution in [1.82, 2.24) is 14.8 Å². The summed E-state index contributed by atoms with van der Waals surface area (Å²) in [5, 5.41) is 9.43. The Morgan fingerprint density at radius 2 is 1.23 bits per heavy atom. The Balaban J connectivity index is 1.64. The van der Waals surface area contributed by atoms with Crippen LogP contribution in [0.25, 0.3) is 0 Å². The van der Waals surface area contributed by atoms with E-state index in [1.165, 1.54) is 12.3 Å². The number of aromatic nitrogens is 1. The molecule has 0 radical (unpaired) electrons. The minimum absolute atomic E-state index is 0.0392. The largest absolute Gasteiger partial charge is 0.422 e. The second-order valence-corrected chi connectivity index (χ2v) is 17.3. The SMILES string of the molecule is CCCCN(CCCC)C(=O)CN(CC(=O)N(CCCC)CCCC)c1cc(S(=O)(=O)c2ccc(C)cc2)c(N=NC2=[N+](c3ccccc3)CCN2c2ccccc2)cn1. The number of pyridine rings is 1. The second kappa shape index (κ2) is 22.8. The zero-order valence-electron chi connectivity index (χ0n) is 36.2. The molecule has 0 fully saturated rings. The van der Waals surface area contributed by atoms with E-state index in [2.05, 4.69) is 42.3 Å². The number of guanidine groups is 1. The van der Waals surface area contributed by atoms with Gasteiger partial charge in [0.05, 0.1) is 24.2 Å². The van der Waals surface area contributed by atoms with Gasteiger partial charge in [-0.3, -0.25) is 9.59 Å². The zero-order chi connectivity index (χ0) is 42.9. The number of unbranched alkanes of at least 4 members (excludes halogenated alkanes) is 4. The molecule has 0 aliphatic carbocycles. The summed E-state index contributed by atoms with van der Waals surface area (Å²) in [4.78, 5) is 40.4. The van der Waals surface area contributed by atoms with Gasteiger partial charge >= 0.3 is 5.96 Å². The standard InChI is InChI=1S/C47H63N8O4S/c1-6-10-28-51(29-11-7-2)45(56)36-53(37-46(57)52(30-12-8-3)31-13-9-4)44-34-43(60(58,59)41-26-24-38(5)25-27-41)42(35-48-44)49-50-47-54(39-20-16-14-17-21-39)32-33-55(47)40-22-18-15-19-23-40/h14-27,34-35H,6-13,28-33,36-37H2,1-5H3/q+1. The molecule has 1 aliphatic rings. The van der Waals surface area contributed by atoms with Gasteiger partial charge in [-0.1, -0.05) is 113 Å². The number of para-hydroxylation sites is 2. The molecule has 3 aromatic carbocycles. The van der Waals surface area contributed by atoms with Gasteiger partial charge in [-0.25, -0.2) is 22.9 Å². The van der Waals surface area contributed by atoms with Crippen LogP contribution in [0, 0.1) is 6.92 Å². The van der Waals surface area contributed by atoms with Crippen LogP contribution in [0.5, 0.6) is 0 Å². The van der Waals surface area contributed by atoms with E-state index in [1.807, 2.05) is 77.4 Å². The smallest absolute Gasteiger partial charge is 0.341 e. The average Bonchev–Trinajstić information content (AvgIpc) is 3.70. The maximum atomic E-state index is 14.7. The third kappa shape index (κ3) is 12.1. The van der Waals surface area contributed by atoms with E-state index < -0.39 is 9.84 Å². The molecule has 2 amide bonds. The fourth-order valence-electron chi connectivity index (χ4n) is 7.05. The van der Waals surface area contributed by atoms with Crippen molar-refractivity contribution in [2.24, 2.45) is 10.2 Å². The molecule has 0 N–H and O–H groups in total. The van der Waals surface area contributed by atoms with Crippen molar-refractivity contribution in [3.63, 3.8) is 0 Å². The van der Waals surface area contributed by atoms with E-state index in [4.69, 9.17) is 10.1 Å². The zero-order valence-corrected chi connectivity index (χ0v) is 37.0. The van der Waals surface area contributed by atoms with Gasteiger partial charge in [0.15, 0.2) is 0 Å². The number of hydrogen-bond acceptors (Lipinski definition) is 9. The molecule has 13 heteroatoms. The van der Waals surface area contributed by atoms with Crippen LogP contribution in [0.2, 0.25) is 0 Å². The molecule has 2 heterocycles. The summed E-state index contributed by atoms with van der Waals surface area (Å²) in [5.74, 6) is 0.466. The Morgan fingerprint density at radius 3 is 1.75 bits per heavy atom. The number of hydrogen-bond donors (Lipinski definition) is 0. The van der Waals surface area contributed by atoms with Crippen LogP contribution >= 0.6 is 0 Å². The normalized spacial score (nSPS) is 13.0. The topological polar surface area (TPSA) is 122 Å². The second-order valence-electron chi connectivity index (χ2n) is 15.3. The van der Waals surface area contributed by atoms with Crippen molar-refractivity contribution in [3.05, 3.63) is 103 Å². The summed E-state index contributed by atoms with van der Waals surface area (Å²) in [6.07, 6.45) is 8.57. The highest BCUT2D eigenvalue weighted by Crippen LogP contribution is 2.33. The number of carbonyl (C=O) groups is 2. The molecule has 1 aliphatic heterocycles. The molecule has 0 bridgehead atoms. The third-order valence-corrected chi connectivity index (χ3v) is 12.5. The Morgan fingerprint density at radius 1 is 0.717 bits per heavy atom. The summed E-state index contributed by atoms with van der Waals surface area (Å²) in [6, 6.07) is 27.9. The van der Waals surface area contributed by atoms with Crippen molar-refractivity contribution in [2.45, 2.75) is 95.8 Å². The van der Waals surface area contributed by atoms with Gasteiger partial charge in [0.25, 0.3) is 0 Å². The quantitative estimate of drug-likeness (QED) is 0.0572. The van der Waals surface area contributed by atoms with E-state index in [0.717, 1.165) is 68.3 Å². The number of benzene rings is 3. The summed E-state index contributed by atoms with van der Waals surface area (Å²) >= 11 is 0. The van der Waals surface area contributed by atoms with E-state index in [0.29, 0.717) is 45.2 Å². The fourth-order valence-corrected chi connectivity index (χ4v) is 8.42. The average molecular weight is 836 g/mol. The monoisotopic (exact) mass is 835 g/mol. The number of aryl methyl sites for hydroxylation is 1. The van der Waals surface area contributed by atoms with E-state index >= 15 is 0 Å². The number of sulfone groups is 1. The van der Waals surface area contributed by atoms with Crippen LogP contribution in [0.4, 0.5) is 22.9 Å². The van der Waals surface area contributed by atoms with Gasteiger partial charge in [-0.05, 0) is 69.0 Å². The number of anilines is 2. The number of azo groups is 1. The van der Waals surface area contributed by atoms with Crippen molar-refractivity contribution in [1.29, 1.82) is 0 Å². The van der Waals surface area contributed by atoms with E-state index in [-0.39, 0.29) is 46.2 Å². The highest BCUT2D eigenvalue weighted by Gasteiger charge is 2.34. The molecule has 12 nitrogen and oxygen atoms in total. The molecule has 5 rings (SSSR count). The minimum atomic E-state index is -4.20. The highest BCUT2D eigenvalue weighted by molar-refractivity contribution is 7.91. The van der Waals surface area contributed by atoms with Crippen LogP contribution in [-0.4, -0.2) is 97.9 Å². The Labute approximate surface area is 357 Å². The van der Waals surface area contributed by atoms with Crippen LogP contribution in [-0.2, 0) is 19.4 Å². The van der Waals surface area contributed by atoms with Gasteiger partial charge in [-0.2, -0.15) is 0 Å². The lowest BCUT2D eigenvalue weighted by atomic mass is 10.2. The summed E-state index contributed by atoms with van der Waals surface area (Å²) in [5.41, 5.74) is 2.81. The van der Waals surface area contributed by atoms with E-state index in [9.17, 15) is 18.0 Å². The summed E-state index contributed by atoms with van der Waals surface area (Å²) < 4.78 is 31.5. The predicted octanol–water partition coefficient (Wildman–Crippen LogP) is 9.19. The minimum Gasteiger partial charge on any atom is -0.341 e. The van der Waals surface area contributed by atoms with Crippen LogP contribution in [0.1, 0.15) is 84.6 Å². The first-order valence-corrected chi connectivity index (χ1v) is 23.2. The molecule has 60 heavy (non-hydrogen) atoms. The van der Waals surface area contributed by atoms with Crippen LogP contribution < -0.4 is 9.80 Å². The lowest BCUT2D eigenvalue weighted by molar-refractivity contribution is -0.429. The molecular formula is C47H63N8O4S+. The Kier molecular flexibility index (Phi) is 17.4. The van der Waals surface area contributed by atoms with Crippen molar-refractivity contribution >= 4 is 50.5 Å². The summed E-state index contributed by atoms with van der Waals surface area (Å²) in [7, 11) is -4.20. The van der Waals surface area contributed by atoms with Crippen molar-refractivity contribution in [2.75, 3.05) is 62.2 Å². The van der Waals surface area contributed by atoms with Crippen LogP contribution in [0.15, 0.2) is 117 Å². The first kappa shape index (κ1) is 45.7. The molecule has 4 aromatic rings. The highest BCUT2D eigenvalue weighted by atomic mass is 32.2. The van der Waals surface area contributed by atoms with Crippen LogP contribution in [0.3, 0.4) is 0 Å².